The van der Waals surface area contributed by atoms with Crippen LogP contribution >= 0.6 is 0 Å². The maximum absolute atomic E-state index is 12.0. The summed E-state index contributed by atoms with van der Waals surface area (Å²) in [5.74, 6) is -1.02. The molecule has 0 heterocycles. The zero-order chi connectivity index (χ0) is 14.7. The van der Waals surface area contributed by atoms with Gasteiger partial charge >= 0.3 is 12.1 Å². The first-order valence-electron chi connectivity index (χ1n) is 6.12. The number of carboxylic acid groups (broad SMARTS) is 1. The SMILES string of the molecule is CCN(C(=O)OC(C)(C)C)C(C(=O)O)C(C)(C)C. The van der Waals surface area contributed by atoms with E-state index in [1.54, 1.807) is 48.5 Å². The minimum atomic E-state index is -1.02. The minimum Gasteiger partial charge on any atom is -0.480 e. The van der Waals surface area contributed by atoms with Crippen molar-refractivity contribution in [2.45, 2.75) is 60.1 Å². The number of carbonyl (C=O) groups is 2. The Morgan fingerprint density at radius 2 is 1.61 bits per heavy atom. The fourth-order valence-corrected chi connectivity index (χ4v) is 1.71. The van der Waals surface area contributed by atoms with Gasteiger partial charge in [0.15, 0.2) is 0 Å². The Kier molecular flexibility index (Phi) is 5.20. The van der Waals surface area contributed by atoms with E-state index in [9.17, 15) is 14.7 Å². The molecule has 1 atom stereocenters. The second-order valence-corrected chi connectivity index (χ2v) is 6.37. The van der Waals surface area contributed by atoms with Crippen molar-refractivity contribution < 1.29 is 19.4 Å². The van der Waals surface area contributed by atoms with Crippen molar-refractivity contribution >= 4 is 12.1 Å². The Balaban J connectivity index is 5.16. The van der Waals surface area contributed by atoms with E-state index >= 15 is 0 Å². The summed E-state index contributed by atoms with van der Waals surface area (Å²) in [4.78, 5) is 24.6. The van der Waals surface area contributed by atoms with Gasteiger partial charge in [0.2, 0.25) is 0 Å². The lowest BCUT2D eigenvalue weighted by Crippen LogP contribution is -2.53. The predicted molar refractivity (Wildman–Crippen MR) is 69.5 cm³/mol. The van der Waals surface area contributed by atoms with E-state index in [1.807, 2.05) is 0 Å². The molecular weight excluding hydrogens is 234 g/mol. The molecule has 0 spiro atoms. The summed E-state index contributed by atoms with van der Waals surface area (Å²) < 4.78 is 5.24. The van der Waals surface area contributed by atoms with E-state index in [4.69, 9.17) is 4.74 Å². The molecule has 0 aromatic carbocycles. The Bertz CT molecular complexity index is 312. The van der Waals surface area contributed by atoms with Crippen molar-refractivity contribution in [3.05, 3.63) is 0 Å². The number of carboxylic acids is 1. The van der Waals surface area contributed by atoms with Crippen LogP contribution in [0.2, 0.25) is 0 Å². The lowest BCUT2D eigenvalue weighted by atomic mass is 9.86. The van der Waals surface area contributed by atoms with Crippen LogP contribution < -0.4 is 0 Å². The van der Waals surface area contributed by atoms with Crippen LogP contribution in [0.1, 0.15) is 48.5 Å². The van der Waals surface area contributed by atoms with Gasteiger partial charge in [-0.15, -0.1) is 0 Å². The second kappa shape index (κ2) is 5.59. The summed E-state index contributed by atoms with van der Waals surface area (Å²) in [6.45, 7) is 12.7. The molecule has 0 aromatic heterocycles. The number of likely N-dealkylation sites (N-methyl/N-ethyl adjacent to an activating group) is 1. The van der Waals surface area contributed by atoms with Crippen molar-refractivity contribution in [2.24, 2.45) is 5.41 Å². The third kappa shape index (κ3) is 4.94. The first kappa shape index (κ1) is 16.7. The van der Waals surface area contributed by atoms with Crippen LogP contribution in [-0.4, -0.2) is 40.3 Å². The van der Waals surface area contributed by atoms with Gasteiger partial charge in [-0.2, -0.15) is 0 Å². The highest BCUT2D eigenvalue weighted by Gasteiger charge is 2.39. The summed E-state index contributed by atoms with van der Waals surface area (Å²) in [5.41, 5.74) is -1.19. The first-order valence-corrected chi connectivity index (χ1v) is 6.12. The van der Waals surface area contributed by atoms with Crippen molar-refractivity contribution in [1.82, 2.24) is 4.90 Å². The third-order valence-electron chi connectivity index (χ3n) is 2.33. The van der Waals surface area contributed by atoms with E-state index in [1.165, 1.54) is 4.90 Å². The zero-order valence-corrected chi connectivity index (χ0v) is 12.4. The van der Waals surface area contributed by atoms with Gasteiger partial charge in [0.25, 0.3) is 0 Å². The molecule has 0 aromatic rings. The predicted octanol–water partition coefficient (Wildman–Crippen LogP) is 2.74. The zero-order valence-electron chi connectivity index (χ0n) is 12.4. The number of amides is 1. The molecule has 18 heavy (non-hydrogen) atoms. The molecule has 0 fully saturated rings. The van der Waals surface area contributed by atoms with Gasteiger partial charge in [0, 0.05) is 6.54 Å². The van der Waals surface area contributed by atoms with E-state index in [-0.39, 0.29) is 0 Å². The van der Waals surface area contributed by atoms with Crippen LogP contribution in [0.3, 0.4) is 0 Å². The van der Waals surface area contributed by atoms with Gasteiger partial charge in [-0.1, -0.05) is 20.8 Å². The topological polar surface area (TPSA) is 66.8 Å². The number of hydrogen-bond acceptors (Lipinski definition) is 3. The van der Waals surface area contributed by atoms with Gasteiger partial charge in [-0.3, -0.25) is 4.90 Å². The van der Waals surface area contributed by atoms with Gasteiger partial charge in [0.1, 0.15) is 11.6 Å². The van der Waals surface area contributed by atoms with Crippen molar-refractivity contribution in [3.63, 3.8) is 0 Å². The van der Waals surface area contributed by atoms with Crippen LogP contribution in [0, 0.1) is 5.41 Å². The first-order chi connectivity index (χ1) is 7.90. The van der Waals surface area contributed by atoms with Crippen LogP contribution in [-0.2, 0) is 9.53 Å². The van der Waals surface area contributed by atoms with Gasteiger partial charge in [-0.25, -0.2) is 9.59 Å². The minimum absolute atomic E-state index is 0.295. The Morgan fingerprint density at radius 3 is 1.83 bits per heavy atom. The van der Waals surface area contributed by atoms with E-state index in [2.05, 4.69) is 0 Å². The monoisotopic (exact) mass is 259 g/mol. The summed E-state index contributed by atoms with van der Waals surface area (Å²) in [7, 11) is 0. The van der Waals surface area contributed by atoms with E-state index in [0.29, 0.717) is 6.54 Å². The Hall–Kier alpha value is -1.26. The molecule has 5 nitrogen and oxygen atoms in total. The number of hydrogen-bond donors (Lipinski definition) is 1. The third-order valence-corrected chi connectivity index (χ3v) is 2.33. The molecule has 0 aliphatic heterocycles. The molecular formula is C13H25NO4. The molecule has 0 aliphatic carbocycles. The van der Waals surface area contributed by atoms with Gasteiger partial charge in [-0.05, 0) is 33.1 Å². The smallest absolute Gasteiger partial charge is 0.411 e. The fourth-order valence-electron chi connectivity index (χ4n) is 1.71. The normalized spacial score (nSPS) is 13.9. The molecule has 1 unspecified atom stereocenters. The number of carbonyl (C=O) groups excluding carboxylic acids is 1. The summed E-state index contributed by atoms with van der Waals surface area (Å²) >= 11 is 0. The molecule has 0 saturated heterocycles. The van der Waals surface area contributed by atoms with Crippen LogP contribution in [0.4, 0.5) is 4.79 Å². The lowest BCUT2D eigenvalue weighted by molar-refractivity contribution is -0.147. The Labute approximate surface area is 109 Å². The highest BCUT2D eigenvalue weighted by atomic mass is 16.6. The summed E-state index contributed by atoms with van der Waals surface area (Å²) in [6.07, 6.45) is -0.590. The second-order valence-electron chi connectivity index (χ2n) is 6.37. The average molecular weight is 259 g/mol. The maximum atomic E-state index is 12.0. The van der Waals surface area contributed by atoms with Crippen LogP contribution in [0.25, 0.3) is 0 Å². The van der Waals surface area contributed by atoms with Crippen molar-refractivity contribution in [3.8, 4) is 0 Å². The molecule has 1 N–H and O–H groups in total. The maximum Gasteiger partial charge on any atom is 0.411 e. The molecule has 0 radical (unpaired) electrons. The molecule has 1 amide bonds. The number of rotatable bonds is 3. The molecule has 0 rings (SSSR count). The molecule has 0 bridgehead atoms. The average Bonchev–Trinajstić information content (AvgIpc) is 2.07. The fraction of sp³-hybridized carbons (Fsp3) is 0.846. The summed E-state index contributed by atoms with van der Waals surface area (Å²) in [6, 6.07) is -0.905. The summed E-state index contributed by atoms with van der Waals surface area (Å²) in [5, 5.41) is 9.31. The highest BCUT2D eigenvalue weighted by Crippen LogP contribution is 2.26. The largest absolute Gasteiger partial charge is 0.480 e. The Morgan fingerprint density at radius 1 is 1.17 bits per heavy atom. The number of ether oxygens (including phenoxy) is 1. The van der Waals surface area contributed by atoms with E-state index in [0.717, 1.165) is 0 Å². The van der Waals surface area contributed by atoms with Gasteiger partial charge < -0.3 is 9.84 Å². The van der Waals surface area contributed by atoms with Crippen molar-refractivity contribution in [2.75, 3.05) is 6.54 Å². The standard InChI is InChI=1S/C13H25NO4/c1-8-14(11(17)18-13(5,6)7)9(10(15)16)12(2,3)4/h9H,8H2,1-7H3,(H,15,16). The molecule has 0 aliphatic rings. The number of nitrogens with zero attached hydrogens (tertiary/aromatic N) is 1. The van der Waals surface area contributed by atoms with E-state index < -0.39 is 29.1 Å². The molecule has 106 valence electrons. The quantitative estimate of drug-likeness (QED) is 0.846. The van der Waals surface area contributed by atoms with Crippen molar-refractivity contribution in [1.29, 1.82) is 0 Å². The van der Waals surface area contributed by atoms with Gasteiger partial charge in [0.05, 0.1) is 0 Å². The van der Waals surface area contributed by atoms with Crippen LogP contribution in [0.5, 0.6) is 0 Å². The number of aliphatic carboxylic acids is 1. The lowest BCUT2D eigenvalue weighted by Gasteiger charge is -2.37. The highest BCUT2D eigenvalue weighted by molar-refractivity contribution is 5.81. The molecule has 0 saturated carbocycles. The van der Waals surface area contributed by atoms with Crippen LogP contribution in [0.15, 0.2) is 0 Å². The molecule has 5 heteroatoms.